The Bertz CT molecular complexity index is 683. The monoisotopic (exact) mass is 535 g/mol. The maximum atomic E-state index is 12.4. The number of carbonyl (C=O) groups is 1. The molecule has 2 aliphatic heterocycles. The highest BCUT2D eigenvalue weighted by Gasteiger charge is 2.24. The predicted octanol–water partition coefficient (Wildman–Crippen LogP) is 0.405. The van der Waals surface area contributed by atoms with Crippen LogP contribution < -0.4 is 5.32 Å². The van der Waals surface area contributed by atoms with E-state index in [1.54, 1.807) is 7.05 Å². The average Bonchev–Trinajstić information content (AvgIpc) is 3.22. The molecule has 0 saturated carbocycles. The number of hydrogen-bond acceptors (Lipinski definition) is 7. The molecule has 170 valence electrons. The van der Waals surface area contributed by atoms with Gasteiger partial charge < -0.3 is 24.4 Å². The van der Waals surface area contributed by atoms with Crippen LogP contribution in [-0.4, -0.2) is 109 Å². The SMILES string of the molecule is CN=C(NCCc1nc(C(C)C)no1)N1CCN(CC(=O)N2CCOCC2)CC1.I. The van der Waals surface area contributed by atoms with Gasteiger partial charge in [0.1, 0.15) is 0 Å². The Balaban J connectivity index is 0.00000320. The van der Waals surface area contributed by atoms with E-state index in [0.29, 0.717) is 51.7 Å². The van der Waals surface area contributed by atoms with E-state index in [-0.39, 0.29) is 35.8 Å². The molecule has 10 nitrogen and oxygen atoms in total. The van der Waals surface area contributed by atoms with Crippen molar-refractivity contribution in [2.24, 2.45) is 4.99 Å². The van der Waals surface area contributed by atoms with Crippen molar-refractivity contribution in [2.45, 2.75) is 26.2 Å². The van der Waals surface area contributed by atoms with Crippen LogP contribution in [0.2, 0.25) is 0 Å². The van der Waals surface area contributed by atoms with E-state index in [0.717, 1.165) is 38.0 Å². The van der Waals surface area contributed by atoms with Crippen molar-refractivity contribution >= 4 is 35.8 Å². The summed E-state index contributed by atoms with van der Waals surface area (Å²) in [5, 5.41) is 7.37. The topological polar surface area (TPSA) is 99.3 Å². The molecular formula is C19H34IN7O3. The Hall–Kier alpha value is -1.47. The molecule has 1 aromatic rings. The van der Waals surface area contributed by atoms with E-state index in [4.69, 9.17) is 9.26 Å². The first kappa shape index (κ1) is 24.8. The summed E-state index contributed by atoms with van der Waals surface area (Å²) in [4.78, 5) is 27.6. The van der Waals surface area contributed by atoms with Gasteiger partial charge in [0.2, 0.25) is 11.8 Å². The van der Waals surface area contributed by atoms with Gasteiger partial charge in [0.25, 0.3) is 0 Å². The van der Waals surface area contributed by atoms with E-state index >= 15 is 0 Å². The van der Waals surface area contributed by atoms with Crippen molar-refractivity contribution in [3.05, 3.63) is 11.7 Å². The lowest BCUT2D eigenvalue weighted by molar-refractivity contribution is -0.136. The Kier molecular flexibility index (Phi) is 10.2. The smallest absolute Gasteiger partial charge is 0.236 e. The standard InChI is InChI=1S/C19H33N7O3.HI/c1-15(2)18-22-16(29-23-18)4-5-21-19(20-3)26-8-6-24(7-9-26)14-17(27)25-10-12-28-13-11-25;/h15H,4-14H2,1-3H3,(H,20,21);1H. The molecule has 0 unspecified atom stereocenters. The van der Waals surface area contributed by atoms with Crippen LogP contribution in [0, 0.1) is 0 Å². The number of guanidine groups is 1. The number of amides is 1. The highest BCUT2D eigenvalue weighted by molar-refractivity contribution is 14.0. The summed E-state index contributed by atoms with van der Waals surface area (Å²) >= 11 is 0. The Morgan fingerprint density at radius 3 is 2.43 bits per heavy atom. The third-order valence-electron chi connectivity index (χ3n) is 5.23. The predicted molar refractivity (Wildman–Crippen MR) is 124 cm³/mol. The number of rotatable bonds is 6. The Morgan fingerprint density at radius 1 is 1.13 bits per heavy atom. The van der Waals surface area contributed by atoms with Gasteiger partial charge in [-0.2, -0.15) is 4.98 Å². The number of nitrogens with one attached hydrogen (secondary N) is 1. The van der Waals surface area contributed by atoms with Gasteiger partial charge in [-0.05, 0) is 0 Å². The van der Waals surface area contributed by atoms with Gasteiger partial charge in [0, 0.05) is 65.2 Å². The van der Waals surface area contributed by atoms with Crippen LogP contribution in [0.1, 0.15) is 31.5 Å². The number of carbonyl (C=O) groups excluding carboxylic acids is 1. The van der Waals surface area contributed by atoms with Gasteiger partial charge >= 0.3 is 0 Å². The minimum absolute atomic E-state index is 0. The highest BCUT2D eigenvalue weighted by atomic mass is 127. The molecule has 11 heteroatoms. The van der Waals surface area contributed by atoms with Crippen LogP contribution in [0.3, 0.4) is 0 Å². The number of aliphatic imine (C=N–C) groups is 1. The van der Waals surface area contributed by atoms with Crippen LogP contribution >= 0.6 is 24.0 Å². The van der Waals surface area contributed by atoms with Crippen molar-refractivity contribution in [1.82, 2.24) is 30.2 Å². The molecule has 2 saturated heterocycles. The molecule has 3 heterocycles. The van der Waals surface area contributed by atoms with E-state index in [9.17, 15) is 4.79 Å². The molecule has 0 atom stereocenters. The third kappa shape index (κ3) is 7.05. The third-order valence-corrected chi connectivity index (χ3v) is 5.23. The zero-order chi connectivity index (χ0) is 20.6. The zero-order valence-corrected chi connectivity index (χ0v) is 20.5. The number of ether oxygens (including phenoxy) is 1. The van der Waals surface area contributed by atoms with Gasteiger partial charge in [0.05, 0.1) is 19.8 Å². The van der Waals surface area contributed by atoms with Gasteiger partial charge in [-0.1, -0.05) is 19.0 Å². The number of nitrogens with zero attached hydrogens (tertiary/aromatic N) is 6. The van der Waals surface area contributed by atoms with Crippen LogP contribution in [0.4, 0.5) is 0 Å². The first-order valence-corrected chi connectivity index (χ1v) is 10.4. The first-order valence-electron chi connectivity index (χ1n) is 10.4. The number of morpholine rings is 1. The lowest BCUT2D eigenvalue weighted by Gasteiger charge is -2.37. The zero-order valence-electron chi connectivity index (χ0n) is 18.2. The van der Waals surface area contributed by atoms with Crippen molar-refractivity contribution in [1.29, 1.82) is 0 Å². The summed E-state index contributed by atoms with van der Waals surface area (Å²) in [6, 6.07) is 0. The average molecular weight is 535 g/mol. The molecule has 0 radical (unpaired) electrons. The maximum Gasteiger partial charge on any atom is 0.236 e. The van der Waals surface area contributed by atoms with Gasteiger partial charge in [0.15, 0.2) is 11.8 Å². The lowest BCUT2D eigenvalue weighted by atomic mass is 10.2. The molecule has 30 heavy (non-hydrogen) atoms. The molecule has 1 N–H and O–H groups in total. The minimum atomic E-state index is 0. The van der Waals surface area contributed by atoms with E-state index in [1.807, 2.05) is 18.7 Å². The van der Waals surface area contributed by atoms with Crippen LogP contribution in [0.5, 0.6) is 0 Å². The summed E-state index contributed by atoms with van der Waals surface area (Å²) in [5.41, 5.74) is 0. The quantitative estimate of drug-likeness (QED) is 0.318. The van der Waals surface area contributed by atoms with Crippen molar-refractivity contribution in [2.75, 3.05) is 72.6 Å². The van der Waals surface area contributed by atoms with Crippen molar-refractivity contribution in [3.63, 3.8) is 0 Å². The fourth-order valence-corrected chi connectivity index (χ4v) is 3.44. The molecule has 1 aromatic heterocycles. The second-order valence-electron chi connectivity index (χ2n) is 7.68. The summed E-state index contributed by atoms with van der Waals surface area (Å²) in [6.07, 6.45) is 0.659. The molecule has 0 bridgehead atoms. The molecular weight excluding hydrogens is 501 g/mol. The highest BCUT2D eigenvalue weighted by Crippen LogP contribution is 2.10. The van der Waals surface area contributed by atoms with Gasteiger partial charge in [-0.15, -0.1) is 24.0 Å². The Labute approximate surface area is 195 Å². The normalized spacial score (nSPS) is 18.5. The van der Waals surface area contributed by atoms with Gasteiger partial charge in [-0.25, -0.2) is 0 Å². The van der Waals surface area contributed by atoms with Crippen LogP contribution in [0.25, 0.3) is 0 Å². The molecule has 0 spiro atoms. The van der Waals surface area contributed by atoms with Crippen molar-refractivity contribution < 1.29 is 14.1 Å². The molecule has 0 aromatic carbocycles. The molecule has 1 amide bonds. The molecule has 3 rings (SSSR count). The first-order chi connectivity index (χ1) is 14.1. The summed E-state index contributed by atoms with van der Waals surface area (Å²) < 4.78 is 10.6. The van der Waals surface area contributed by atoms with Crippen molar-refractivity contribution in [3.8, 4) is 0 Å². The summed E-state index contributed by atoms with van der Waals surface area (Å²) in [7, 11) is 1.79. The lowest BCUT2D eigenvalue weighted by Crippen LogP contribution is -2.55. The number of hydrogen-bond donors (Lipinski definition) is 1. The van der Waals surface area contributed by atoms with E-state index in [2.05, 4.69) is 30.2 Å². The molecule has 2 fully saturated rings. The van der Waals surface area contributed by atoms with E-state index in [1.165, 1.54) is 0 Å². The number of halogens is 1. The van der Waals surface area contributed by atoms with Gasteiger partial charge in [-0.3, -0.25) is 14.7 Å². The summed E-state index contributed by atoms with van der Waals surface area (Å²) in [5.74, 6) is 2.72. The maximum absolute atomic E-state index is 12.4. The second kappa shape index (κ2) is 12.4. The fourth-order valence-electron chi connectivity index (χ4n) is 3.44. The minimum Gasteiger partial charge on any atom is -0.378 e. The summed E-state index contributed by atoms with van der Waals surface area (Å²) in [6.45, 7) is 11.3. The molecule has 2 aliphatic rings. The second-order valence-corrected chi connectivity index (χ2v) is 7.68. The number of piperazine rings is 1. The fraction of sp³-hybridized carbons (Fsp3) is 0.789. The van der Waals surface area contributed by atoms with Crippen LogP contribution in [-0.2, 0) is 16.0 Å². The van der Waals surface area contributed by atoms with E-state index < -0.39 is 0 Å². The Morgan fingerprint density at radius 2 is 1.83 bits per heavy atom. The number of aromatic nitrogens is 2. The van der Waals surface area contributed by atoms with Crippen LogP contribution in [0.15, 0.2) is 9.52 Å². The molecule has 0 aliphatic carbocycles. The largest absolute Gasteiger partial charge is 0.378 e.